The number of ether oxygens (including phenoxy) is 1. The van der Waals surface area contributed by atoms with E-state index < -0.39 is 0 Å². The van der Waals surface area contributed by atoms with Gasteiger partial charge in [0, 0.05) is 7.11 Å². The van der Waals surface area contributed by atoms with Crippen molar-refractivity contribution < 1.29 is 9.84 Å². The summed E-state index contributed by atoms with van der Waals surface area (Å²) in [7, 11) is 1.75. The molecule has 0 saturated heterocycles. The Balaban J connectivity index is 2.38. The maximum atomic E-state index is 10.3. The molecule has 2 atom stereocenters. The summed E-state index contributed by atoms with van der Waals surface area (Å²) in [4.78, 5) is 0. The highest BCUT2D eigenvalue weighted by Gasteiger charge is 2.44. The molecule has 2 nitrogen and oxygen atoms in total. The van der Waals surface area contributed by atoms with E-state index in [-0.39, 0.29) is 11.7 Å². The minimum absolute atomic E-state index is 0.195. The van der Waals surface area contributed by atoms with Gasteiger partial charge in [0.25, 0.3) is 0 Å². The van der Waals surface area contributed by atoms with Crippen LogP contribution in [0.3, 0.4) is 0 Å². The van der Waals surface area contributed by atoms with E-state index in [1.54, 1.807) is 7.11 Å². The zero-order chi connectivity index (χ0) is 12.0. The van der Waals surface area contributed by atoms with Gasteiger partial charge in [-0.1, -0.05) is 39.5 Å². The lowest BCUT2D eigenvalue weighted by Crippen LogP contribution is -2.50. The monoisotopic (exact) mass is 228 g/mol. The maximum absolute atomic E-state index is 10.3. The van der Waals surface area contributed by atoms with E-state index in [0.29, 0.717) is 5.92 Å². The van der Waals surface area contributed by atoms with Gasteiger partial charge in [0.2, 0.25) is 0 Å². The van der Waals surface area contributed by atoms with Crippen LogP contribution in [-0.4, -0.2) is 23.9 Å². The fourth-order valence-corrected chi connectivity index (χ4v) is 2.71. The zero-order valence-corrected chi connectivity index (χ0v) is 11.2. The molecule has 0 bridgehead atoms. The highest BCUT2D eigenvalue weighted by Crippen LogP contribution is 2.40. The third kappa shape index (κ3) is 3.21. The van der Waals surface area contributed by atoms with E-state index in [1.807, 2.05) is 0 Å². The number of hydrogen-bond acceptors (Lipinski definition) is 2. The van der Waals surface area contributed by atoms with Gasteiger partial charge in [-0.3, -0.25) is 0 Å². The summed E-state index contributed by atoms with van der Waals surface area (Å²) >= 11 is 0. The third-order valence-electron chi connectivity index (χ3n) is 4.31. The van der Waals surface area contributed by atoms with Crippen molar-refractivity contribution in [2.24, 2.45) is 5.92 Å². The van der Waals surface area contributed by atoms with E-state index in [9.17, 15) is 5.11 Å². The maximum Gasteiger partial charge on any atom is 0.0936 e. The smallest absolute Gasteiger partial charge is 0.0936 e. The molecule has 0 radical (unpaired) electrons. The molecule has 0 aromatic rings. The van der Waals surface area contributed by atoms with Crippen LogP contribution < -0.4 is 0 Å². The molecule has 96 valence electrons. The van der Waals surface area contributed by atoms with E-state index in [2.05, 4.69) is 13.8 Å². The van der Waals surface area contributed by atoms with Gasteiger partial charge in [0.15, 0.2) is 0 Å². The largest absolute Gasteiger partial charge is 0.390 e. The molecular formula is C14H28O2. The molecule has 1 N–H and O–H groups in total. The number of aliphatic hydroxyl groups excluding tert-OH is 1. The van der Waals surface area contributed by atoms with Crippen LogP contribution in [0.1, 0.15) is 65.2 Å². The molecule has 1 aliphatic carbocycles. The van der Waals surface area contributed by atoms with E-state index >= 15 is 0 Å². The van der Waals surface area contributed by atoms with Crippen molar-refractivity contribution in [3.63, 3.8) is 0 Å². The van der Waals surface area contributed by atoms with Crippen molar-refractivity contribution in [1.82, 2.24) is 0 Å². The van der Waals surface area contributed by atoms with Crippen molar-refractivity contribution in [2.75, 3.05) is 7.11 Å². The minimum Gasteiger partial charge on any atom is -0.390 e. The van der Waals surface area contributed by atoms with Crippen molar-refractivity contribution >= 4 is 0 Å². The molecule has 0 heterocycles. The lowest BCUT2D eigenvalue weighted by atomic mass is 9.73. The van der Waals surface area contributed by atoms with E-state index in [4.69, 9.17) is 4.74 Å². The van der Waals surface area contributed by atoms with Gasteiger partial charge in [-0.05, 0) is 31.6 Å². The van der Waals surface area contributed by atoms with Crippen LogP contribution in [0.15, 0.2) is 0 Å². The van der Waals surface area contributed by atoms with Gasteiger partial charge in [0.1, 0.15) is 0 Å². The number of unbranched alkanes of at least 4 members (excludes halogenated alkanes) is 1. The van der Waals surface area contributed by atoms with Crippen LogP contribution in [0.5, 0.6) is 0 Å². The lowest BCUT2D eigenvalue weighted by molar-refractivity contribution is -0.155. The minimum atomic E-state index is -0.256. The topological polar surface area (TPSA) is 29.5 Å². The van der Waals surface area contributed by atoms with Crippen LogP contribution in [0, 0.1) is 5.92 Å². The molecule has 2 heteroatoms. The first-order valence-corrected chi connectivity index (χ1v) is 6.91. The number of hydrogen-bond donors (Lipinski definition) is 1. The molecule has 0 aromatic heterocycles. The molecule has 1 rings (SSSR count). The Labute approximate surface area is 100 Å². The number of methoxy groups -OCH3 is 1. The summed E-state index contributed by atoms with van der Waals surface area (Å²) < 4.78 is 5.54. The molecule has 0 aliphatic heterocycles. The average molecular weight is 228 g/mol. The molecule has 16 heavy (non-hydrogen) atoms. The predicted molar refractivity (Wildman–Crippen MR) is 67.5 cm³/mol. The summed E-state index contributed by atoms with van der Waals surface area (Å²) in [6.07, 6.45) is 8.91. The molecule has 2 unspecified atom stereocenters. The van der Waals surface area contributed by atoms with Gasteiger partial charge in [-0.25, -0.2) is 0 Å². The summed E-state index contributed by atoms with van der Waals surface area (Å²) in [5.41, 5.74) is -0.195. The molecule has 0 spiro atoms. The fourth-order valence-electron chi connectivity index (χ4n) is 2.71. The fraction of sp³-hybridized carbons (Fsp3) is 1.00. The highest BCUT2D eigenvalue weighted by molar-refractivity contribution is 4.96. The van der Waals surface area contributed by atoms with Crippen LogP contribution in [-0.2, 0) is 4.74 Å². The zero-order valence-electron chi connectivity index (χ0n) is 11.2. The van der Waals surface area contributed by atoms with Gasteiger partial charge >= 0.3 is 0 Å². The second kappa shape index (κ2) is 6.61. The first kappa shape index (κ1) is 14.0. The van der Waals surface area contributed by atoms with Crippen LogP contribution in [0.25, 0.3) is 0 Å². The van der Waals surface area contributed by atoms with Gasteiger partial charge in [0.05, 0.1) is 11.7 Å². The molecule has 1 fully saturated rings. The number of rotatable bonds is 8. The SMILES string of the molecule is CCCCC(CC)CC(O)C1(OC)CCC1. The second-order valence-corrected chi connectivity index (χ2v) is 5.29. The molecular weight excluding hydrogens is 200 g/mol. The first-order valence-electron chi connectivity index (χ1n) is 6.91. The summed E-state index contributed by atoms with van der Waals surface area (Å²) in [5, 5.41) is 10.3. The average Bonchev–Trinajstić information content (AvgIpc) is 2.23. The van der Waals surface area contributed by atoms with Crippen LogP contribution in [0.4, 0.5) is 0 Å². The Morgan fingerprint density at radius 2 is 2.00 bits per heavy atom. The molecule has 0 amide bonds. The Kier molecular flexibility index (Phi) is 5.77. The Hall–Kier alpha value is -0.0800. The van der Waals surface area contributed by atoms with E-state index in [1.165, 1.54) is 32.1 Å². The summed E-state index contributed by atoms with van der Waals surface area (Å²) in [6, 6.07) is 0. The summed E-state index contributed by atoms with van der Waals surface area (Å²) in [6.45, 7) is 4.46. The van der Waals surface area contributed by atoms with Gasteiger partial charge in [-0.15, -0.1) is 0 Å². The van der Waals surface area contributed by atoms with Crippen LogP contribution in [0.2, 0.25) is 0 Å². The highest BCUT2D eigenvalue weighted by atomic mass is 16.5. The van der Waals surface area contributed by atoms with Gasteiger partial charge < -0.3 is 9.84 Å². The molecule has 0 aromatic carbocycles. The van der Waals surface area contributed by atoms with Crippen molar-refractivity contribution in [1.29, 1.82) is 0 Å². The van der Waals surface area contributed by atoms with Crippen molar-refractivity contribution in [3.8, 4) is 0 Å². The van der Waals surface area contributed by atoms with Crippen LogP contribution >= 0.6 is 0 Å². The third-order valence-corrected chi connectivity index (χ3v) is 4.31. The molecule has 1 aliphatic rings. The van der Waals surface area contributed by atoms with E-state index in [0.717, 1.165) is 19.3 Å². The first-order chi connectivity index (χ1) is 7.68. The predicted octanol–water partition coefficient (Wildman–Crippen LogP) is 3.52. The quantitative estimate of drug-likeness (QED) is 0.688. The number of aliphatic hydroxyl groups is 1. The normalized spacial score (nSPS) is 22.5. The Morgan fingerprint density at radius 3 is 2.38 bits per heavy atom. The summed E-state index contributed by atoms with van der Waals surface area (Å²) in [5.74, 6) is 0.669. The van der Waals surface area contributed by atoms with Gasteiger partial charge in [-0.2, -0.15) is 0 Å². The lowest BCUT2D eigenvalue weighted by Gasteiger charge is -2.45. The van der Waals surface area contributed by atoms with Crippen molar-refractivity contribution in [3.05, 3.63) is 0 Å². The second-order valence-electron chi connectivity index (χ2n) is 5.29. The van der Waals surface area contributed by atoms with Crippen molar-refractivity contribution in [2.45, 2.75) is 76.9 Å². The Morgan fingerprint density at radius 1 is 1.31 bits per heavy atom. The Bertz CT molecular complexity index is 182. The standard InChI is InChI=1S/C14H28O2/c1-4-6-8-12(5-2)11-13(15)14(16-3)9-7-10-14/h12-13,15H,4-11H2,1-3H3. The molecule has 1 saturated carbocycles.